The van der Waals surface area contributed by atoms with Gasteiger partial charge >= 0.3 is 0 Å². The summed E-state index contributed by atoms with van der Waals surface area (Å²) in [6.07, 6.45) is 3.49. The van der Waals surface area contributed by atoms with Gasteiger partial charge in [0.15, 0.2) is 0 Å². The molecule has 0 saturated heterocycles. The van der Waals surface area contributed by atoms with Crippen molar-refractivity contribution in [3.8, 4) is 16.9 Å². The Bertz CT molecular complexity index is 1380. The van der Waals surface area contributed by atoms with E-state index < -0.39 is 11.8 Å². The predicted octanol–water partition coefficient (Wildman–Crippen LogP) is 3.69. The van der Waals surface area contributed by atoms with Gasteiger partial charge in [0.1, 0.15) is 11.5 Å². The van der Waals surface area contributed by atoms with Gasteiger partial charge in [0.25, 0.3) is 5.91 Å². The minimum Gasteiger partial charge on any atom is -0.497 e. The van der Waals surface area contributed by atoms with E-state index in [-0.39, 0.29) is 23.4 Å². The Kier molecular flexibility index (Phi) is 6.13. The van der Waals surface area contributed by atoms with Crippen molar-refractivity contribution in [1.29, 1.82) is 5.41 Å². The third-order valence-corrected chi connectivity index (χ3v) is 5.42. The standard InChI is InChI=1S/C26H22N4O3/c1-33-18-6-4-5-16(13-18)19-10-9-17(23-15-29-12-11-20(19)23)14-30-26(32)24(27)21-7-2-3-8-22(21)25(28)31/h2-13,15,27H,14H2,1H3,(H2,28,31)(H,30,32). The van der Waals surface area contributed by atoms with E-state index in [2.05, 4.69) is 10.3 Å². The number of nitrogens with one attached hydrogen (secondary N) is 2. The number of ether oxygens (including phenoxy) is 1. The van der Waals surface area contributed by atoms with Crippen molar-refractivity contribution in [3.63, 3.8) is 0 Å². The SMILES string of the molecule is COc1cccc(-c2ccc(CNC(=O)C(=N)c3ccccc3C(N)=O)c3cnccc23)c1. The summed E-state index contributed by atoms with van der Waals surface area (Å²) in [6.45, 7) is 0.195. The maximum Gasteiger partial charge on any atom is 0.270 e. The highest BCUT2D eigenvalue weighted by atomic mass is 16.5. The Balaban J connectivity index is 1.61. The van der Waals surface area contributed by atoms with E-state index >= 15 is 0 Å². The highest BCUT2D eigenvalue weighted by Crippen LogP contribution is 2.32. The second-order valence-corrected chi connectivity index (χ2v) is 7.39. The zero-order chi connectivity index (χ0) is 23.4. The van der Waals surface area contributed by atoms with Crippen molar-refractivity contribution < 1.29 is 14.3 Å². The van der Waals surface area contributed by atoms with Crippen molar-refractivity contribution in [3.05, 3.63) is 95.8 Å². The van der Waals surface area contributed by atoms with E-state index in [9.17, 15) is 9.59 Å². The minimum atomic E-state index is -0.687. The first-order valence-electron chi connectivity index (χ1n) is 10.3. The monoisotopic (exact) mass is 438 g/mol. The molecule has 1 aromatic heterocycles. The van der Waals surface area contributed by atoms with Crippen LogP contribution < -0.4 is 15.8 Å². The molecule has 7 heteroatoms. The first-order valence-corrected chi connectivity index (χ1v) is 10.3. The summed E-state index contributed by atoms with van der Waals surface area (Å²) in [5, 5.41) is 12.9. The van der Waals surface area contributed by atoms with Gasteiger partial charge in [-0.15, -0.1) is 0 Å². The maximum atomic E-state index is 12.7. The normalized spacial score (nSPS) is 10.6. The third kappa shape index (κ3) is 4.43. The summed E-state index contributed by atoms with van der Waals surface area (Å²) < 4.78 is 5.35. The van der Waals surface area contributed by atoms with E-state index in [0.717, 1.165) is 33.2 Å². The predicted molar refractivity (Wildman–Crippen MR) is 127 cm³/mol. The Morgan fingerprint density at radius 3 is 2.55 bits per heavy atom. The minimum absolute atomic E-state index is 0.134. The molecule has 0 unspecified atom stereocenters. The van der Waals surface area contributed by atoms with Crippen molar-refractivity contribution >= 4 is 28.3 Å². The number of amides is 2. The molecule has 4 N–H and O–H groups in total. The van der Waals surface area contributed by atoms with Crippen LogP contribution in [0.25, 0.3) is 21.9 Å². The number of hydrogen-bond donors (Lipinski definition) is 3. The number of carbonyl (C=O) groups excluding carboxylic acids is 2. The lowest BCUT2D eigenvalue weighted by atomic mass is 9.96. The molecule has 0 aliphatic heterocycles. The second-order valence-electron chi connectivity index (χ2n) is 7.39. The lowest BCUT2D eigenvalue weighted by molar-refractivity contribution is -0.114. The number of aromatic nitrogens is 1. The molecule has 0 aliphatic rings. The van der Waals surface area contributed by atoms with Crippen LogP contribution in [0.1, 0.15) is 21.5 Å². The second kappa shape index (κ2) is 9.32. The molecule has 164 valence electrons. The largest absolute Gasteiger partial charge is 0.497 e. The van der Waals surface area contributed by atoms with Crippen LogP contribution in [0.5, 0.6) is 5.75 Å². The van der Waals surface area contributed by atoms with Gasteiger partial charge in [0, 0.05) is 35.5 Å². The number of benzene rings is 3. The number of nitrogens with zero attached hydrogens (tertiary/aromatic N) is 1. The fourth-order valence-corrected chi connectivity index (χ4v) is 3.75. The molecule has 0 bridgehead atoms. The number of pyridine rings is 1. The van der Waals surface area contributed by atoms with Crippen LogP contribution in [-0.4, -0.2) is 29.6 Å². The van der Waals surface area contributed by atoms with Crippen LogP contribution in [0, 0.1) is 5.41 Å². The summed E-state index contributed by atoms with van der Waals surface area (Å²) in [5.41, 5.74) is 8.27. The smallest absolute Gasteiger partial charge is 0.270 e. The molecule has 0 aliphatic carbocycles. The fraction of sp³-hybridized carbons (Fsp3) is 0.0769. The molecule has 0 fully saturated rings. The number of primary amides is 1. The summed E-state index contributed by atoms with van der Waals surface area (Å²) in [7, 11) is 1.63. The van der Waals surface area contributed by atoms with Crippen LogP contribution >= 0.6 is 0 Å². The molecule has 0 saturated carbocycles. The van der Waals surface area contributed by atoms with Crippen molar-refractivity contribution in [2.24, 2.45) is 5.73 Å². The summed E-state index contributed by atoms with van der Waals surface area (Å²) in [6, 6.07) is 20.0. The van der Waals surface area contributed by atoms with Crippen LogP contribution in [0.4, 0.5) is 0 Å². The van der Waals surface area contributed by atoms with Crippen LogP contribution in [0.2, 0.25) is 0 Å². The van der Waals surface area contributed by atoms with Gasteiger partial charge < -0.3 is 15.8 Å². The number of fused-ring (bicyclic) bond motifs is 1. The highest BCUT2D eigenvalue weighted by molar-refractivity contribution is 6.45. The molecule has 0 spiro atoms. The number of methoxy groups -OCH3 is 1. The number of carbonyl (C=O) groups is 2. The van der Waals surface area contributed by atoms with E-state index in [1.807, 2.05) is 42.5 Å². The number of nitrogens with two attached hydrogens (primary N) is 1. The van der Waals surface area contributed by atoms with Crippen LogP contribution in [0.15, 0.2) is 79.1 Å². The molecule has 2 amide bonds. The highest BCUT2D eigenvalue weighted by Gasteiger charge is 2.18. The summed E-state index contributed by atoms with van der Waals surface area (Å²) in [4.78, 5) is 28.6. The first kappa shape index (κ1) is 21.7. The summed E-state index contributed by atoms with van der Waals surface area (Å²) in [5.74, 6) is -0.522. The van der Waals surface area contributed by atoms with E-state index in [4.69, 9.17) is 15.9 Å². The molecule has 4 rings (SSSR count). The van der Waals surface area contributed by atoms with Crippen LogP contribution in [-0.2, 0) is 11.3 Å². The average molecular weight is 438 g/mol. The van der Waals surface area contributed by atoms with E-state index in [0.29, 0.717) is 0 Å². The summed E-state index contributed by atoms with van der Waals surface area (Å²) >= 11 is 0. The van der Waals surface area contributed by atoms with Gasteiger partial charge in [-0.1, -0.05) is 42.5 Å². The van der Waals surface area contributed by atoms with Gasteiger partial charge in [-0.3, -0.25) is 20.0 Å². The third-order valence-electron chi connectivity index (χ3n) is 5.42. The van der Waals surface area contributed by atoms with Gasteiger partial charge in [-0.25, -0.2) is 0 Å². The quantitative estimate of drug-likeness (QED) is 0.381. The number of rotatable bonds is 7. The lowest BCUT2D eigenvalue weighted by Gasteiger charge is -2.13. The Labute approximate surface area is 190 Å². The topological polar surface area (TPSA) is 118 Å². The zero-order valence-electron chi connectivity index (χ0n) is 18.0. The van der Waals surface area contributed by atoms with Crippen molar-refractivity contribution in [2.45, 2.75) is 6.54 Å². The Morgan fingerprint density at radius 2 is 1.79 bits per heavy atom. The molecule has 4 aromatic rings. The fourth-order valence-electron chi connectivity index (χ4n) is 3.75. The molecule has 0 radical (unpaired) electrons. The van der Waals surface area contributed by atoms with Gasteiger partial charge in [0.05, 0.1) is 7.11 Å². The van der Waals surface area contributed by atoms with Crippen LogP contribution in [0.3, 0.4) is 0 Å². The Hall–Kier alpha value is -4.52. The zero-order valence-corrected chi connectivity index (χ0v) is 18.0. The van der Waals surface area contributed by atoms with Crippen molar-refractivity contribution in [2.75, 3.05) is 7.11 Å². The number of hydrogen-bond acceptors (Lipinski definition) is 5. The molecule has 3 aromatic carbocycles. The van der Waals surface area contributed by atoms with Gasteiger partial charge in [0.2, 0.25) is 5.91 Å². The van der Waals surface area contributed by atoms with Gasteiger partial charge in [-0.2, -0.15) is 0 Å². The average Bonchev–Trinajstić information content (AvgIpc) is 2.86. The van der Waals surface area contributed by atoms with Gasteiger partial charge in [-0.05, 0) is 46.3 Å². The molecule has 0 atom stereocenters. The van der Waals surface area contributed by atoms with E-state index in [1.54, 1.807) is 31.6 Å². The Morgan fingerprint density at radius 1 is 1.00 bits per heavy atom. The van der Waals surface area contributed by atoms with E-state index in [1.165, 1.54) is 12.1 Å². The lowest BCUT2D eigenvalue weighted by Crippen LogP contribution is -2.32. The van der Waals surface area contributed by atoms with Crippen molar-refractivity contribution in [1.82, 2.24) is 10.3 Å². The molecule has 33 heavy (non-hydrogen) atoms. The molecule has 1 heterocycles. The molecular weight excluding hydrogens is 416 g/mol. The molecular formula is C26H22N4O3. The first-order chi connectivity index (χ1) is 16.0. The maximum absolute atomic E-state index is 12.7. The molecule has 7 nitrogen and oxygen atoms in total.